The van der Waals surface area contributed by atoms with Crippen molar-refractivity contribution in [2.45, 2.75) is 33.0 Å². The molecule has 0 fully saturated rings. The smallest absolute Gasteiger partial charge is 0.166 e. The van der Waals surface area contributed by atoms with Crippen molar-refractivity contribution in [2.24, 2.45) is 4.99 Å². The summed E-state index contributed by atoms with van der Waals surface area (Å²) in [7, 11) is 0. The molecule has 7 nitrogen and oxygen atoms in total. The summed E-state index contributed by atoms with van der Waals surface area (Å²) < 4.78 is 5.35. The van der Waals surface area contributed by atoms with Gasteiger partial charge in [0.05, 0.1) is 30.4 Å². The molecule has 124 valence electrons. The zero-order valence-corrected chi connectivity index (χ0v) is 13.9. The van der Waals surface area contributed by atoms with Gasteiger partial charge in [-0.15, -0.1) is 0 Å². The van der Waals surface area contributed by atoms with E-state index in [4.69, 9.17) is 4.42 Å². The number of hydrogen-bond acceptors (Lipinski definition) is 7. The number of aromatic nitrogens is 1. The molecular formula is C17H19N5O2. The second kappa shape index (κ2) is 5.98. The molecule has 1 atom stereocenters. The van der Waals surface area contributed by atoms with Crippen molar-refractivity contribution >= 4 is 17.8 Å². The van der Waals surface area contributed by atoms with Crippen LogP contribution < -0.4 is 5.32 Å². The van der Waals surface area contributed by atoms with Gasteiger partial charge in [-0.05, 0) is 32.9 Å². The number of fused-ring (bicyclic) bond motifs is 1. The summed E-state index contributed by atoms with van der Waals surface area (Å²) in [6, 6.07) is 5.77. The van der Waals surface area contributed by atoms with Crippen LogP contribution in [0.1, 0.15) is 36.4 Å². The van der Waals surface area contributed by atoms with Gasteiger partial charge in [0.25, 0.3) is 0 Å². The highest BCUT2D eigenvalue weighted by Gasteiger charge is 2.39. The van der Waals surface area contributed by atoms with E-state index in [0.717, 1.165) is 0 Å². The van der Waals surface area contributed by atoms with Gasteiger partial charge < -0.3 is 19.7 Å². The minimum absolute atomic E-state index is 0.339. The van der Waals surface area contributed by atoms with Crippen LogP contribution in [0.25, 0.3) is 0 Å². The highest BCUT2D eigenvalue weighted by molar-refractivity contribution is 5.78. The molecule has 3 rings (SSSR count). The number of pyridine rings is 1. The number of hydrogen-bond donors (Lipinski definition) is 2. The van der Waals surface area contributed by atoms with E-state index in [1.54, 1.807) is 37.4 Å². The van der Waals surface area contributed by atoms with Gasteiger partial charge in [-0.25, -0.2) is 9.98 Å². The molecule has 0 aromatic carbocycles. The fourth-order valence-corrected chi connectivity index (χ4v) is 2.93. The van der Waals surface area contributed by atoms with Crippen LogP contribution in [0.3, 0.4) is 0 Å². The van der Waals surface area contributed by atoms with Crippen LogP contribution in [0.15, 0.2) is 27.8 Å². The average molecular weight is 325 g/mol. The Morgan fingerprint density at radius 1 is 1.50 bits per heavy atom. The largest absolute Gasteiger partial charge is 0.467 e. The van der Waals surface area contributed by atoms with E-state index in [-0.39, 0.29) is 0 Å². The summed E-state index contributed by atoms with van der Waals surface area (Å²) in [5, 5.41) is 23.7. The van der Waals surface area contributed by atoms with Gasteiger partial charge in [-0.1, -0.05) is 0 Å². The van der Waals surface area contributed by atoms with E-state index in [9.17, 15) is 10.4 Å². The van der Waals surface area contributed by atoms with Crippen LogP contribution in [0, 0.1) is 18.3 Å². The maximum atomic E-state index is 11.1. The number of aryl methyl sites for hydroxylation is 1. The minimum atomic E-state index is -1.35. The Morgan fingerprint density at radius 2 is 2.29 bits per heavy atom. The van der Waals surface area contributed by atoms with Crippen LogP contribution in [-0.2, 0) is 12.3 Å². The van der Waals surface area contributed by atoms with Crippen LogP contribution in [0.4, 0.5) is 11.5 Å². The van der Waals surface area contributed by atoms with Crippen molar-refractivity contribution in [2.75, 3.05) is 11.9 Å². The molecule has 2 aromatic rings. The summed E-state index contributed by atoms with van der Waals surface area (Å²) in [5.41, 5.74) is 0.617. The second-order valence-electron chi connectivity index (χ2n) is 5.76. The monoisotopic (exact) mass is 325 g/mol. The summed E-state index contributed by atoms with van der Waals surface area (Å²) >= 11 is 0. The molecule has 1 unspecified atom stereocenters. The molecule has 24 heavy (non-hydrogen) atoms. The first-order chi connectivity index (χ1) is 11.5. The molecule has 0 amide bonds. The fourth-order valence-electron chi connectivity index (χ4n) is 2.93. The van der Waals surface area contributed by atoms with E-state index in [1.807, 2.05) is 13.0 Å². The molecule has 1 aliphatic heterocycles. The number of aliphatic imine (C=N–C) groups is 1. The Bertz CT molecular complexity index is 818. The quantitative estimate of drug-likeness (QED) is 0.897. The van der Waals surface area contributed by atoms with Crippen LogP contribution in [-0.4, -0.2) is 27.9 Å². The lowest BCUT2D eigenvalue weighted by atomic mass is 9.95. The van der Waals surface area contributed by atoms with Gasteiger partial charge in [0, 0.05) is 12.2 Å². The van der Waals surface area contributed by atoms with Crippen molar-refractivity contribution in [1.82, 2.24) is 9.88 Å². The van der Waals surface area contributed by atoms with Crippen molar-refractivity contribution < 1.29 is 9.52 Å². The van der Waals surface area contributed by atoms with E-state index < -0.39 is 5.72 Å². The first-order valence-electron chi connectivity index (χ1n) is 7.73. The first kappa shape index (κ1) is 16.0. The van der Waals surface area contributed by atoms with Gasteiger partial charge in [0.15, 0.2) is 5.72 Å². The van der Waals surface area contributed by atoms with E-state index in [1.165, 1.54) is 0 Å². The van der Waals surface area contributed by atoms with Crippen molar-refractivity contribution in [1.29, 1.82) is 5.26 Å². The highest BCUT2D eigenvalue weighted by atomic mass is 16.3. The highest BCUT2D eigenvalue weighted by Crippen LogP contribution is 2.42. The Morgan fingerprint density at radius 3 is 2.92 bits per heavy atom. The van der Waals surface area contributed by atoms with Crippen molar-refractivity contribution in [3.63, 3.8) is 0 Å². The molecule has 0 saturated carbocycles. The summed E-state index contributed by atoms with van der Waals surface area (Å²) in [5.74, 6) is 1.20. The maximum absolute atomic E-state index is 11.1. The van der Waals surface area contributed by atoms with Gasteiger partial charge in [0.2, 0.25) is 0 Å². The zero-order valence-electron chi connectivity index (χ0n) is 13.9. The molecule has 0 bridgehead atoms. The Kier molecular flexibility index (Phi) is 3.99. The number of nitrogens with one attached hydrogen (secondary N) is 1. The number of furan rings is 1. The molecule has 2 aromatic heterocycles. The lowest BCUT2D eigenvalue weighted by Gasteiger charge is -2.39. The van der Waals surface area contributed by atoms with Gasteiger partial charge in [0.1, 0.15) is 23.2 Å². The Hall–Kier alpha value is -2.85. The average Bonchev–Trinajstić information content (AvgIpc) is 3.03. The fraction of sp³-hybridized carbons (Fsp3) is 0.353. The van der Waals surface area contributed by atoms with Crippen molar-refractivity contribution in [3.05, 3.63) is 41.0 Å². The lowest BCUT2D eigenvalue weighted by molar-refractivity contribution is -0.0653. The third-order valence-corrected chi connectivity index (χ3v) is 4.07. The number of nitrogens with zero attached hydrogens (tertiary/aromatic N) is 4. The van der Waals surface area contributed by atoms with Crippen LogP contribution in [0.2, 0.25) is 0 Å². The third-order valence-electron chi connectivity index (χ3n) is 4.07. The molecule has 7 heteroatoms. The topological polar surface area (TPSA) is 97.7 Å². The Balaban J connectivity index is 2.10. The van der Waals surface area contributed by atoms with E-state index in [2.05, 4.69) is 21.4 Å². The minimum Gasteiger partial charge on any atom is -0.467 e. The first-order valence-corrected chi connectivity index (χ1v) is 7.73. The number of anilines is 1. The lowest BCUT2D eigenvalue weighted by Crippen LogP contribution is -2.45. The van der Waals surface area contributed by atoms with Crippen LogP contribution in [0.5, 0.6) is 0 Å². The molecule has 0 spiro atoms. The molecule has 2 N–H and O–H groups in total. The molecule has 3 heterocycles. The standard InChI is InChI=1S/C17H19N5O2/c1-4-19-16-13(8-18)15-14(11(2)21-16)17(3,23)22(10-20-15)9-12-6-5-7-24-12/h5-7,10,23H,4,9H2,1-3H3,(H,19,21). The summed E-state index contributed by atoms with van der Waals surface area (Å²) in [4.78, 5) is 10.5. The van der Waals surface area contributed by atoms with Gasteiger partial charge in [-0.3, -0.25) is 0 Å². The number of aliphatic hydroxyl groups is 1. The normalized spacial score (nSPS) is 19.0. The predicted molar refractivity (Wildman–Crippen MR) is 89.8 cm³/mol. The summed E-state index contributed by atoms with van der Waals surface area (Å²) in [6.07, 6.45) is 3.13. The SMILES string of the molecule is CCNc1nc(C)c2c(c1C#N)N=CN(Cc1ccco1)C2(C)O. The predicted octanol–water partition coefficient (Wildman–Crippen LogP) is 2.63. The van der Waals surface area contributed by atoms with Crippen molar-refractivity contribution in [3.8, 4) is 6.07 Å². The van der Waals surface area contributed by atoms with E-state index >= 15 is 0 Å². The molecule has 1 aliphatic rings. The maximum Gasteiger partial charge on any atom is 0.166 e. The van der Waals surface area contributed by atoms with Gasteiger partial charge in [-0.2, -0.15) is 5.26 Å². The third kappa shape index (κ3) is 2.51. The Labute approximate surface area is 140 Å². The molecule has 0 aliphatic carbocycles. The van der Waals surface area contributed by atoms with E-state index in [0.29, 0.717) is 47.2 Å². The second-order valence-corrected chi connectivity index (χ2v) is 5.76. The summed E-state index contributed by atoms with van der Waals surface area (Å²) in [6.45, 7) is 6.41. The molecule has 0 saturated heterocycles. The molecular weight excluding hydrogens is 306 g/mol. The van der Waals surface area contributed by atoms with Crippen LogP contribution >= 0.6 is 0 Å². The van der Waals surface area contributed by atoms with Gasteiger partial charge >= 0.3 is 0 Å². The number of rotatable bonds is 4. The number of nitriles is 1. The molecule has 0 radical (unpaired) electrons. The zero-order chi connectivity index (χ0) is 17.3.